The summed E-state index contributed by atoms with van der Waals surface area (Å²) in [6.07, 6.45) is 5.39. The monoisotopic (exact) mass is 443 g/mol. The normalized spacial score (nSPS) is 16.5. The Morgan fingerprint density at radius 2 is 1.67 bits per heavy atom. The molecule has 1 aromatic heterocycles. The lowest BCUT2D eigenvalue weighted by molar-refractivity contribution is -0.115. The summed E-state index contributed by atoms with van der Waals surface area (Å²) in [5, 5.41) is 19.5. The highest BCUT2D eigenvalue weighted by Gasteiger charge is 2.30. The lowest BCUT2D eigenvalue weighted by Gasteiger charge is -2.26. The lowest BCUT2D eigenvalue weighted by Crippen LogP contribution is -2.21. The molecule has 1 atom stereocenters. The van der Waals surface area contributed by atoms with Crippen molar-refractivity contribution >= 4 is 11.4 Å². The van der Waals surface area contributed by atoms with E-state index in [0.717, 1.165) is 47.2 Å². The van der Waals surface area contributed by atoms with Gasteiger partial charge in [-0.25, -0.2) is 0 Å². The molecule has 0 saturated heterocycles. The van der Waals surface area contributed by atoms with E-state index >= 15 is 0 Å². The molecule has 2 aromatic carbocycles. The van der Waals surface area contributed by atoms with Crippen molar-refractivity contribution in [3.63, 3.8) is 0 Å². The van der Waals surface area contributed by atoms with Crippen molar-refractivity contribution in [3.8, 4) is 11.3 Å². The molecule has 5 heteroatoms. The van der Waals surface area contributed by atoms with E-state index in [4.69, 9.17) is 0 Å². The number of Topliss-reactive ketones (excluding diaryl/α,β-unsaturated/α-hetero) is 1. The molecule has 1 aliphatic rings. The van der Waals surface area contributed by atoms with Crippen molar-refractivity contribution in [2.24, 2.45) is 5.92 Å². The van der Waals surface area contributed by atoms with Gasteiger partial charge in [0.15, 0.2) is 5.78 Å². The topological polar surface area (TPSA) is 68.0 Å². The van der Waals surface area contributed by atoms with Crippen molar-refractivity contribution in [1.82, 2.24) is 15.0 Å². The first kappa shape index (κ1) is 23.0. The molecule has 3 aromatic rings. The molecular formula is C28H33N3O2. The zero-order chi connectivity index (χ0) is 23.5. The third-order valence-electron chi connectivity index (χ3n) is 6.63. The molecule has 172 valence electrons. The second-order valence-corrected chi connectivity index (χ2v) is 9.21. The molecule has 0 fully saturated rings. The van der Waals surface area contributed by atoms with E-state index in [0.29, 0.717) is 25.0 Å². The Balaban J connectivity index is 1.49. The van der Waals surface area contributed by atoms with Crippen molar-refractivity contribution in [1.29, 1.82) is 0 Å². The van der Waals surface area contributed by atoms with E-state index in [1.165, 1.54) is 11.1 Å². The quantitative estimate of drug-likeness (QED) is 0.484. The SMILES string of the molecule is CCc1cc(C)cc(CC)c1C1=C(O)CC(CCn2cc(-c3ccc(C)cc3)nn2)CC1=O. The van der Waals surface area contributed by atoms with Gasteiger partial charge in [0.05, 0.1) is 11.8 Å². The zero-order valence-corrected chi connectivity index (χ0v) is 20.1. The molecular weight excluding hydrogens is 410 g/mol. The molecule has 1 N–H and O–H groups in total. The molecule has 0 spiro atoms. The van der Waals surface area contributed by atoms with Crippen LogP contribution in [0, 0.1) is 19.8 Å². The largest absolute Gasteiger partial charge is 0.512 e. The minimum Gasteiger partial charge on any atom is -0.512 e. The highest BCUT2D eigenvalue weighted by molar-refractivity contribution is 6.22. The van der Waals surface area contributed by atoms with Gasteiger partial charge >= 0.3 is 0 Å². The first-order valence-corrected chi connectivity index (χ1v) is 11.9. The minimum atomic E-state index is 0.0518. The van der Waals surface area contributed by atoms with Gasteiger partial charge in [-0.1, -0.05) is 66.6 Å². The molecule has 0 radical (unpaired) electrons. The van der Waals surface area contributed by atoms with Crippen LogP contribution in [-0.4, -0.2) is 25.9 Å². The second-order valence-electron chi connectivity index (χ2n) is 9.21. The number of benzene rings is 2. The first-order valence-electron chi connectivity index (χ1n) is 11.9. The van der Waals surface area contributed by atoms with Gasteiger partial charge in [0.25, 0.3) is 0 Å². The van der Waals surface area contributed by atoms with Crippen molar-refractivity contribution < 1.29 is 9.90 Å². The van der Waals surface area contributed by atoms with Crippen LogP contribution in [0.4, 0.5) is 0 Å². The second kappa shape index (κ2) is 9.74. The van der Waals surface area contributed by atoms with Gasteiger partial charge in [-0.05, 0) is 55.7 Å². The maximum Gasteiger partial charge on any atom is 0.167 e. The first-order chi connectivity index (χ1) is 15.9. The number of carbonyl (C=O) groups excluding carboxylic acids is 1. The van der Waals surface area contributed by atoms with E-state index in [-0.39, 0.29) is 17.5 Å². The number of aromatic nitrogens is 3. The fraction of sp³-hybridized carbons (Fsp3) is 0.393. The van der Waals surface area contributed by atoms with E-state index in [1.807, 2.05) is 23.0 Å². The number of allylic oxidation sites excluding steroid dienone is 2. The fourth-order valence-electron chi connectivity index (χ4n) is 4.86. The summed E-state index contributed by atoms with van der Waals surface area (Å²) < 4.78 is 1.83. The van der Waals surface area contributed by atoms with Gasteiger partial charge in [0.1, 0.15) is 11.5 Å². The standard InChI is InChI=1S/C28H33N3O2/c1-5-21-13-19(4)14-22(6-2)27(21)28-25(32)15-20(16-26(28)33)11-12-31-17-24(29-30-31)23-9-7-18(3)8-10-23/h7-10,13-14,17,20,32H,5-6,11-12,15-16H2,1-4H3. The predicted octanol–water partition coefficient (Wildman–Crippen LogP) is 6.03. The van der Waals surface area contributed by atoms with Gasteiger partial charge in [0, 0.05) is 24.9 Å². The molecule has 0 aliphatic heterocycles. The van der Waals surface area contributed by atoms with Crippen LogP contribution in [0.25, 0.3) is 16.8 Å². The Labute approximate surface area is 196 Å². The fourth-order valence-corrected chi connectivity index (χ4v) is 4.86. The summed E-state index contributed by atoms with van der Waals surface area (Å²) in [4.78, 5) is 13.2. The van der Waals surface area contributed by atoms with Gasteiger partial charge in [0.2, 0.25) is 0 Å². The molecule has 4 rings (SSSR count). The van der Waals surface area contributed by atoms with Crippen LogP contribution in [0.2, 0.25) is 0 Å². The molecule has 0 amide bonds. The maximum absolute atomic E-state index is 13.2. The van der Waals surface area contributed by atoms with Gasteiger partial charge < -0.3 is 5.11 Å². The number of ketones is 1. The van der Waals surface area contributed by atoms with E-state index < -0.39 is 0 Å². The van der Waals surface area contributed by atoms with Crippen molar-refractivity contribution in [3.05, 3.63) is 76.2 Å². The van der Waals surface area contributed by atoms with Crippen LogP contribution in [0.5, 0.6) is 0 Å². The third-order valence-corrected chi connectivity index (χ3v) is 6.63. The van der Waals surface area contributed by atoms with Crippen LogP contribution in [0.3, 0.4) is 0 Å². The van der Waals surface area contributed by atoms with Crippen molar-refractivity contribution in [2.45, 2.75) is 66.3 Å². The van der Waals surface area contributed by atoms with Crippen LogP contribution < -0.4 is 0 Å². The molecule has 5 nitrogen and oxygen atoms in total. The number of nitrogens with zero attached hydrogens (tertiary/aromatic N) is 3. The molecule has 1 unspecified atom stereocenters. The highest BCUT2D eigenvalue weighted by Crippen LogP contribution is 2.37. The number of hydrogen-bond acceptors (Lipinski definition) is 4. The third kappa shape index (κ3) is 4.92. The number of aliphatic hydroxyl groups is 1. The number of rotatable bonds is 7. The van der Waals surface area contributed by atoms with E-state index in [9.17, 15) is 9.90 Å². The maximum atomic E-state index is 13.2. The van der Waals surface area contributed by atoms with Gasteiger partial charge in [-0.3, -0.25) is 9.48 Å². The van der Waals surface area contributed by atoms with E-state index in [2.05, 4.69) is 62.3 Å². The summed E-state index contributed by atoms with van der Waals surface area (Å²) in [6.45, 7) is 9.03. The van der Waals surface area contributed by atoms with Crippen LogP contribution in [0.1, 0.15) is 60.9 Å². The number of hydrogen-bond donors (Lipinski definition) is 1. The number of aryl methyl sites for hydroxylation is 5. The molecule has 0 saturated carbocycles. The Morgan fingerprint density at radius 1 is 1.00 bits per heavy atom. The average molecular weight is 444 g/mol. The number of aliphatic hydroxyl groups excluding tert-OH is 1. The van der Waals surface area contributed by atoms with Crippen LogP contribution in [0.15, 0.2) is 48.4 Å². The van der Waals surface area contributed by atoms with Crippen LogP contribution >= 0.6 is 0 Å². The van der Waals surface area contributed by atoms with Crippen LogP contribution in [-0.2, 0) is 24.2 Å². The predicted molar refractivity (Wildman–Crippen MR) is 132 cm³/mol. The average Bonchev–Trinajstić information content (AvgIpc) is 3.27. The summed E-state index contributed by atoms with van der Waals surface area (Å²) in [5.41, 5.74) is 8.10. The summed E-state index contributed by atoms with van der Waals surface area (Å²) in [7, 11) is 0. The molecule has 1 heterocycles. The molecule has 33 heavy (non-hydrogen) atoms. The Kier molecular flexibility index (Phi) is 6.77. The summed E-state index contributed by atoms with van der Waals surface area (Å²) >= 11 is 0. The number of carbonyl (C=O) groups is 1. The molecule has 0 bridgehead atoms. The van der Waals surface area contributed by atoms with Gasteiger partial charge in [-0.15, -0.1) is 5.10 Å². The smallest absolute Gasteiger partial charge is 0.167 e. The lowest BCUT2D eigenvalue weighted by atomic mass is 9.79. The van der Waals surface area contributed by atoms with Gasteiger partial charge in [-0.2, -0.15) is 0 Å². The summed E-state index contributed by atoms with van der Waals surface area (Å²) in [6, 6.07) is 12.5. The Hall–Kier alpha value is -3.21. The van der Waals surface area contributed by atoms with E-state index in [1.54, 1.807) is 0 Å². The minimum absolute atomic E-state index is 0.0518. The summed E-state index contributed by atoms with van der Waals surface area (Å²) in [5.74, 6) is 0.397. The Bertz CT molecular complexity index is 1160. The Morgan fingerprint density at radius 3 is 2.27 bits per heavy atom. The highest BCUT2D eigenvalue weighted by atomic mass is 16.3. The molecule has 1 aliphatic carbocycles. The zero-order valence-electron chi connectivity index (χ0n) is 20.1. The van der Waals surface area contributed by atoms with Crippen molar-refractivity contribution in [2.75, 3.05) is 0 Å².